The molecule has 0 radical (unpaired) electrons. The van der Waals surface area contributed by atoms with Crippen molar-refractivity contribution in [1.82, 2.24) is 9.80 Å². The molecule has 2 heterocycles. The lowest BCUT2D eigenvalue weighted by Crippen LogP contribution is -2.47. The minimum atomic E-state index is -4.57. The summed E-state index contributed by atoms with van der Waals surface area (Å²) >= 11 is 0. The fourth-order valence-corrected chi connectivity index (χ4v) is 3.44. The smallest absolute Gasteiger partial charge is 0.393 e. The number of hydrogen-bond acceptors (Lipinski definition) is 3. The van der Waals surface area contributed by atoms with Crippen LogP contribution in [0.25, 0.3) is 0 Å². The van der Waals surface area contributed by atoms with E-state index in [4.69, 9.17) is 5.11 Å². The molecule has 2 fully saturated rings. The Morgan fingerprint density at radius 1 is 1.09 bits per heavy atom. The number of amides is 1. The van der Waals surface area contributed by atoms with Crippen molar-refractivity contribution in [2.24, 2.45) is 11.8 Å². The first-order valence-electron chi connectivity index (χ1n) is 8.04. The van der Waals surface area contributed by atoms with E-state index in [0.717, 1.165) is 25.7 Å². The highest BCUT2D eigenvalue weighted by atomic mass is 19.4. The number of alkyl halides is 3. The zero-order valence-corrected chi connectivity index (χ0v) is 13.2. The van der Waals surface area contributed by atoms with Crippen LogP contribution in [0, 0.1) is 11.8 Å². The molecule has 0 aromatic carbocycles. The zero-order valence-electron chi connectivity index (χ0n) is 13.2. The van der Waals surface area contributed by atoms with Gasteiger partial charge in [0, 0.05) is 26.2 Å². The minimum absolute atomic E-state index is 0.195. The van der Waals surface area contributed by atoms with E-state index in [-0.39, 0.29) is 12.5 Å². The van der Waals surface area contributed by atoms with Crippen molar-refractivity contribution in [3.8, 4) is 0 Å². The summed E-state index contributed by atoms with van der Waals surface area (Å²) < 4.78 is 39.1. The normalized spacial score (nSPS) is 28.4. The van der Waals surface area contributed by atoms with E-state index in [1.807, 2.05) is 0 Å². The highest BCUT2D eigenvalue weighted by Crippen LogP contribution is 2.38. The molecule has 0 spiro atoms. The standard InChI is InChI=1S/C15H23F3N2O3/c1-10(13(21)19-6-4-2-3-5-7-19)20-8-11(14(22)23)12(9-20)15(16,17)18/h10-12H,2-9H2,1H3,(H,22,23)/t10?,11-,12-/m1/s1. The number of nitrogens with zero attached hydrogens (tertiary/aromatic N) is 2. The Hall–Kier alpha value is -1.31. The molecule has 5 nitrogen and oxygen atoms in total. The van der Waals surface area contributed by atoms with E-state index >= 15 is 0 Å². The van der Waals surface area contributed by atoms with Crippen LogP contribution in [0.3, 0.4) is 0 Å². The minimum Gasteiger partial charge on any atom is -0.481 e. The van der Waals surface area contributed by atoms with Crippen LogP contribution >= 0.6 is 0 Å². The van der Waals surface area contributed by atoms with Crippen LogP contribution in [-0.2, 0) is 9.59 Å². The summed E-state index contributed by atoms with van der Waals surface area (Å²) in [5, 5.41) is 9.05. The molecule has 2 rings (SSSR count). The fourth-order valence-electron chi connectivity index (χ4n) is 3.44. The summed E-state index contributed by atoms with van der Waals surface area (Å²) in [4.78, 5) is 26.7. The summed E-state index contributed by atoms with van der Waals surface area (Å²) in [5.41, 5.74) is 0. The Balaban J connectivity index is 2.05. The van der Waals surface area contributed by atoms with Gasteiger partial charge in [-0.3, -0.25) is 14.5 Å². The monoisotopic (exact) mass is 336 g/mol. The molecule has 1 amide bonds. The molecule has 1 unspecified atom stereocenters. The van der Waals surface area contributed by atoms with Crippen LogP contribution in [0.5, 0.6) is 0 Å². The van der Waals surface area contributed by atoms with Gasteiger partial charge >= 0.3 is 12.1 Å². The third-order valence-electron chi connectivity index (χ3n) is 4.91. The maximum absolute atomic E-state index is 13.0. The van der Waals surface area contributed by atoms with Crippen molar-refractivity contribution in [1.29, 1.82) is 0 Å². The summed E-state index contributed by atoms with van der Waals surface area (Å²) in [5.74, 6) is -5.07. The molecule has 3 atom stereocenters. The number of carboxylic acids is 1. The first-order chi connectivity index (χ1) is 10.7. The number of aliphatic carboxylic acids is 1. The van der Waals surface area contributed by atoms with Gasteiger partial charge in [0.25, 0.3) is 0 Å². The maximum atomic E-state index is 13.0. The predicted octanol–water partition coefficient (Wildman–Crippen LogP) is 1.97. The Morgan fingerprint density at radius 2 is 1.65 bits per heavy atom. The van der Waals surface area contributed by atoms with Gasteiger partial charge in [0.2, 0.25) is 5.91 Å². The summed E-state index contributed by atoms with van der Waals surface area (Å²) in [6.45, 7) is 2.16. The predicted molar refractivity (Wildman–Crippen MR) is 76.8 cm³/mol. The molecule has 2 saturated heterocycles. The van der Waals surface area contributed by atoms with Crippen LogP contribution in [-0.4, -0.2) is 65.2 Å². The second-order valence-corrected chi connectivity index (χ2v) is 6.46. The number of likely N-dealkylation sites (tertiary alicyclic amines) is 2. The van der Waals surface area contributed by atoms with Gasteiger partial charge < -0.3 is 10.0 Å². The number of halogens is 3. The van der Waals surface area contributed by atoms with Crippen LogP contribution in [0.2, 0.25) is 0 Å². The van der Waals surface area contributed by atoms with Gasteiger partial charge in [0.15, 0.2) is 0 Å². The molecule has 23 heavy (non-hydrogen) atoms. The number of carbonyl (C=O) groups excluding carboxylic acids is 1. The van der Waals surface area contributed by atoms with Crippen molar-refractivity contribution < 1.29 is 27.9 Å². The molecule has 0 bridgehead atoms. The summed E-state index contributed by atoms with van der Waals surface area (Å²) in [6, 6.07) is -0.720. The molecule has 0 aromatic rings. The van der Waals surface area contributed by atoms with Crippen LogP contribution in [0.4, 0.5) is 13.2 Å². The Morgan fingerprint density at radius 3 is 2.09 bits per heavy atom. The third kappa shape index (κ3) is 4.16. The molecule has 1 N–H and O–H groups in total. The maximum Gasteiger partial charge on any atom is 0.393 e. The van der Waals surface area contributed by atoms with Gasteiger partial charge in [-0.05, 0) is 19.8 Å². The summed E-state index contributed by atoms with van der Waals surface area (Å²) in [7, 11) is 0. The number of carbonyl (C=O) groups is 2. The Labute approximate surface area is 133 Å². The quantitative estimate of drug-likeness (QED) is 0.856. The Kier molecular flexibility index (Phi) is 5.54. The molecule has 0 aliphatic carbocycles. The Bertz CT molecular complexity index is 448. The summed E-state index contributed by atoms with van der Waals surface area (Å²) in [6.07, 6.45) is -0.649. The van der Waals surface area contributed by atoms with Crippen molar-refractivity contribution >= 4 is 11.9 Å². The van der Waals surface area contributed by atoms with Gasteiger partial charge in [-0.1, -0.05) is 12.8 Å². The van der Waals surface area contributed by atoms with E-state index in [0.29, 0.717) is 13.1 Å². The average Bonchev–Trinajstić information content (AvgIpc) is 2.76. The lowest BCUT2D eigenvalue weighted by atomic mass is 9.96. The largest absolute Gasteiger partial charge is 0.481 e. The van der Waals surface area contributed by atoms with Crippen LogP contribution in [0.15, 0.2) is 0 Å². The van der Waals surface area contributed by atoms with Gasteiger partial charge in [-0.2, -0.15) is 13.2 Å². The number of carboxylic acid groups (broad SMARTS) is 1. The zero-order chi connectivity index (χ0) is 17.2. The molecule has 132 valence electrons. The topological polar surface area (TPSA) is 60.9 Å². The van der Waals surface area contributed by atoms with E-state index in [2.05, 4.69) is 0 Å². The molecule has 0 saturated carbocycles. The van der Waals surface area contributed by atoms with Gasteiger partial charge in [-0.15, -0.1) is 0 Å². The van der Waals surface area contributed by atoms with E-state index in [1.165, 1.54) is 4.90 Å². The molecular formula is C15H23F3N2O3. The van der Waals surface area contributed by atoms with Gasteiger partial charge in [0.05, 0.1) is 17.9 Å². The van der Waals surface area contributed by atoms with Crippen LogP contribution in [0.1, 0.15) is 32.6 Å². The lowest BCUT2D eigenvalue weighted by Gasteiger charge is -2.29. The SMILES string of the molecule is CC(C(=O)N1CCCCCC1)N1C[C@@H](C(F)(F)F)[C@H](C(=O)O)C1. The van der Waals surface area contributed by atoms with E-state index in [1.54, 1.807) is 11.8 Å². The fraction of sp³-hybridized carbons (Fsp3) is 0.867. The third-order valence-corrected chi connectivity index (χ3v) is 4.91. The number of rotatable bonds is 3. The second kappa shape index (κ2) is 7.07. The lowest BCUT2D eigenvalue weighted by molar-refractivity contribution is -0.188. The van der Waals surface area contributed by atoms with Crippen molar-refractivity contribution in [2.75, 3.05) is 26.2 Å². The first-order valence-corrected chi connectivity index (χ1v) is 8.04. The number of hydrogen-bond donors (Lipinski definition) is 1. The van der Waals surface area contributed by atoms with Crippen molar-refractivity contribution in [3.05, 3.63) is 0 Å². The molecular weight excluding hydrogens is 313 g/mol. The van der Waals surface area contributed by atoms with Crippen molar-refractivity contribution in [2.45, 2.75) is 44.8 Å². The van der Waals surface area contributed by atoms with Crippen molar-refractivity contribution in [3.63, 3.8) is 0 Å². The molecule has 8 heteroatoms. The van der Waals surface area contributed by atoms with Gasteiger partial charge in [-0.25, -0.2) is 0 Å². The molecule has 2 aliphatic heterocycles. The highest BCUT2D eigenvalue weighted by molar-refractivity contribution is 5.82. The second-order valence-electron chi connectivity index (χ2n) is 6.46. The van der Waals surface area contributed by atoms with Gasteiger partial charge in [0.1, 0.15) is 0 Å². The van der Waals surface area contributed by atoms with Crippen LogP contribution < -0.4 is 0 Å². The highest BCUT2D eigenvalue weighted by Gasteiger charge is 2.53. The average molecular weight is 336 g/mol. The first kappa shape index (κ1) is 18.0. The molecule has 2 aliphatic rings. The molecule has 0 aromatic heterocycles. The van der Waals surface area contributed by atoms with E-state index in [9.17, 15) is 22.8 Å². The van der Waals surface area contributed by atoms with E-state index < -0.39 is 36.6 Å².